The number of nitrogens with one attached hydrogen (secondary N) is 2. The molecular weight excluding hydrogens is 403 g/mol. The molecule has 2 heterocycles. The number of halogens is 1. The summed E-state index contributed by atoms with van der Waals surface area (Å²) in [5, 5.41) is 3.87. The highest BCUT2D eigenvalue weighted by Crippen LogP contribution is 2.34. The van der Waals surface area contributed by atoms with Gasteiger partial charge in [0, 0.05) is 25.2 Å². The molecule has 1 aromatic carbocycles. The average Bonchev–Trinajstić information content (AvgIpc) is 3.27. The summed E-state index contributed by atoms with van der Waals surface area (Å²) in [6.45, 7) is 4.15. The lowest BCUT2D eigenvalue weighted by molar-refractivity contribution is -0.119. The summed E-state index contributed by atoms with van der Waals surface area (Å²) in [7, 11) is 0. The zero-order valence-electron chi connectivity index (χ0n) is 17.2. The first-order chi connectivity index (χ1) is 14.6. The Morgan fingerprint density at radius 1 is 1.20 bits per heavy atom. The van der Waals surface area contributed by atoms with Gasteiger partial charge in [-0.25, -0.2) is 9.37 Å². The first-order valence-electron chi connectivity index (χ1n) is 10.7. The topological polar surface area (TPSA) is 70.2 Å². The molecule has 0 bridgehead atoms. The molecule has 1 amide bonds. The zero-order chi connectivity index (χ0) is 20.8. The molecule has 6 nitrogen and oxygen atoms in total. The molecular formula is C22H29FN4O2S. The Hall–Kier alpha value is -1.90. The van der Waals surface area contributed by atoms with Gasteiger partial charge in [0.15, 0.2) is 5.16 Å². The normalized spacial score (nSPS) is 19.5. The van der Waals surface area contributed by atoms with E-state index in [1.165, 1.54) is 43.2 Å². The second-order valence-corrected chi connectivity index (χ2v) is 9.02. The highest BCUT2D eigenvalue weighted by atomic mass is 32.2. The van der Waals surface area contributed by atoms with Crippen molar-refractivity contribution in [2.75, 3.05) is 38.6 Å². The Kier molecular flexibility index (Phi) is 7.07. The summed E-state index contributed by atoms with van der Waals surface area (Å²) in [5.74, 6) is 0.0746. The number of morpholine rings is 1. The number of aromatic nitrogens is 2. The predicted octanol–water partition coefficient (Wildman–Crippen LogP) is 3.46. The summed E-state index contributed by atoms with van der Waals surface area (Å²) in [6.07, 6.45) is 7.72. The smallest absolute Gasteiger partial charge is 0.230 e. The summed E-state index contributed by atoms with van der Waals surface area (Å²) < 4.78 is 18.6. The van der Waals surface area contributed by atoms with Crippen LogP contribution in [0.3, 0.4) is 0 Å². The third kappa shape index (κ3) is 5.22. The molecule has 162 valence electrons. The number of hydrogen-bond donors (Lipinski definition) is 2. The Labute approximate surface area is 181 Å². The molecule has 1 aliphatic carbocycles. The van der Waals surface area contributed by atoms with Gasteiger partial charge in [0.1, 0.15) is 5.82 Å². The van der Waals surface area contributed by atoms with Crippen LogP contribution >= 0.6 is 11.8 Å². The predicted molar refractivity (Wildman–Crippen MR) is 116 cm³/mol. The summed E-state index contributed by atoms with van der Waals surface area (Å²) >= 11 is 1.38. The zero-order valence-corrected chi connectivity index (χ0v) is 18.0. The summed E-state index contributed by atoms with van der Waals surface area (Å²) in [5.41, 5.74) is 1.75. The number of amides is 1. The van der Waals surface area contributed by atoms with E-state index in [9.17, 15) is 9.18 Å². The van der Waals surface area contributed by atoms with Crippen LogP contribution in [0.4, 0.5) is 4.39 Å². The molecule has 0 atom stereocenters. The summed E-state index contributed by atoms with van der Waals surface area (Å²) in [6, 6.07) is 6.26. The number of rotatable bonds is 7. The molecule has 1 saturated carbocycles. The first kappa shape index (κ1) is 21.3. The van der Waals surface area contributed by atoms with Crippen molar-refractivity contribution in [3.05, 3.63) is 36.3 Å². The number of carbonyl (C=O) groups is 1. The number of thioether (sulfide) groups is 1. The van der Waals surface area contributed by atoms with E-state index in [0.29, 0.717) is 17.5 Å². The largest absolute Gasteiger partial charge is 0.379 e. The van der Waals surface area contributed by atoms with Gasteiger partial charge in [-0.3, -0.25) is 9.69 Å². The minimum absolute atomic E-state index is 0.0259. The van der Waals surface area contributed by atoms with Gasteiger partial charge in [-0.05, 0) is 42.7 Å². The molecule has 0 unspecified atom stereocenters. The highest BCUT2D eigenvalue weighted by molar-refractivity contribution is 7.99. The van der Waals surface area contributed by atoms with Gasteiger partial charge in [-0.1, -0.05) is 31.0 Å². The van der Waals surface area contributed by atoms with Gasteiger partial charge >= 0.3 is 0 Å². The number of nitrogens with zero attached hydrogens (tertiary/aromatic N) is 2. The standard InChI is InChI=1S/C22H29FN4O2S/c23-18-6-4-17(5-7-18)19-14-24-21(26-19)30-15-20(28)25-16-22(8-2-1-3-9-22)27-10-12-29-13-11-27/h4-7,14H,1-3,8-13,15-16H2,(H,24,26)(H,25,28). The fourth-order valence-electron chi connectivity index (χ4n) is 4.45. The molecule has 1 aromatic heterocycles. The number of hydrogen-bond acceptors (Lipinski definition) is 5. The maximum absolute atomic E-state index is 13.1. The van der Waals surface area contributed by atoms with Gasteiger partial charge in [-0.15, -0.1) is 0 Å². The second kappa shape index (κ2) is 9.94. The van der Waals surface area contributed by atoms with Crippen LogP contribution in [0.1, 0.15) is 32.1 Å². The van der Waals surface area contributed by atoms with Crippen molar-refractivity contribution in [1.29, 1.82) is 0 Å². The van der Waals surface area contributed by atoms with Gasteiger partial charge in [0.05, 0.1) is 30.9 Å². The lowest BCUT2D eigenvalue weighted by atomic mass is 9.79. The van der Waals surface area contributed by atoms with Crippen LogP contribution in [0.5, 0.6) is 0 Å². The highest BCUT2D eigenvalue weighted by Gasteiger charge is 2.38. The lowest BCUT2D eigenvalue weighted by Crippen LogP contribution is -2.59. The van der Waals surface area contributed by atoms with Gasteiger partial charge in [0.25, 0.3) is 0 Å². The maximum Gasteiger partial charge on any atom is 0.230 e. The molecule has 2 aliphatic rings. The minimum Gasteiger partial charge on any atom is -0.379 e. The van der Waals surface area contributed by atoms with Crippen molar-refractivity contribution in [2.24, 2.45) is 0 Å². The molecule has 0 spiro atoms. The molecule has 4 rings (SSSR count). The fraction of sp³-hybridized carbons (Fsp3) is 0.545. The number of carbonyl (C=O) groups excluding carboxylic acids is 1. The third-order valence-corrected chi connectivity index (χ3v) is 7.02. The van der Waals surface area contributed by atoms with E-state index in [2.05, 4.69) is 20.2 Å². The van der Waals surface area contributed by atoms with E-state index in [4.69, 9.17) is 4.74 Å². The number of aromatic amines is 1. The molecule has 1 aliphatic heterocycles. The minimum atomic E-state index is -0.266. The number of benzene rings is 1. The molecule has 1 saturated heterocycles. The molecule has 2 fully saturated rings. The van der Waals surface area contributed by atoms with E-state index < -0.39 is 0 Å². The fourth-order valence-corrected chi connectivity index (χ4v) is 5.13. The summed E-state index contributed by atoms with van der Waals surface area (Å²) in [4.78, 5) is 22.6. The van der Waals surface area contributed by atoms with E-state index in [-0.39, 0.29) is 17.3 Å². The second-order valence-electron chi connectivity index (χ2n) is 8.06. The molecule has 2 N–H and O–H groups in total. The lowest BCUT2D eigenvalue weighted by Gasteiger charge is -2.48. The maximum atomic E-state index is 13.1. The Morgan fingerprint density at radius 2 is 1.93 bits per heavy atom. The van der Waals surface area contributed by atoms with Crippen LogP contribution in [-0.4, -0.2) is 64.9 Å². The van der Waals surface area contributed by atoms with Crippen molar-refractivity contribution in [2.45, 2.75) is 42.8 Å². The van der Waals surface area contributed by atoms with Crippen molar-refractivity contribution < 1.29 is 13.9 Å². The van der Waals surface area contributed by atoms with Crippen LogP contribution < -0.4 is 5.32 Å². The third-order valence-electron chi connectivity index (χ3n) is 6.13. The monoisotopic (exact) mass is 432 g/mol. The number of H-pyrrole nitrogens is 1. The first-order valence-corrected chi connectivity index (χ1v) is 11.7. The van der Waals surface area contributed by atoms with Gasteiger partial charge in [-0.2, -0.15) is 0 Å². The van der Waals surface area contributed by atoms with Crippen LogP contribution in [0.25, 0.3) is 11.3 Å². The molecule has 8 heteroatoms. The van der Waals surface area contributed by atoms with E-state index in [1.807, 2.05) is 0 Å². The Morgan fingerprint density at radius 3 is 2.67 bits per heavy atom. The molecule has 0 radical (unpaired) electrons. The van der Waals surface area contributed by atoms with Crippen molar-refractivity contribution in [3.8, 4) is 11.3 Å². The van der Waals surface area contributed by atoms with E-state index in [0.717, 1.165) is 50.4 Å². The van der Waals surface area contributed by atoms with Crippen molar-refractivity contribution in [3.63, 3.8) is 0 Å². The number of ether oxygens (including phenoxy) is 1. The molecule has 30 heavy (non-hydrogen) atoms. The van der Waals surface area contributed by atoms with Crippen LogP contribution in [0.15, 0.2) is 35.6 Å². The SMILES string of the molecule is O=C(CSc1ncc(-c2ccc(F)cc2)[nH]1)NCC1(N2CCOCC2)CCCCC1. The van der Waals surface area contributed by atoms with Crippen LogP contribution in [0.2, 0.25) is 0 Å². The quantitative estimate of drug-likeness (QED) is 0.656. The van der Waals surface area contributed by atoms with Crippen molar-refractivity contribution >= 4 is 17.7 Å². The van der Waals surface area contributed by atoms with Gasteiger partial charge in [0.2, 0.25) is 5.91 Å². The van der Waals surface area contributed by atoms with Gasteiger partial charge < -0.3 is 15.0 Å². The molecule has 2 aromatic rings. The van der Waals surface area contributed by atoms with Crippen molar-refractivity contribution in [1.82, 2.24) is 20.2 Å². The van der Waals surface area contributed by atoms with Crippen LogP contribution in [-0.2, 0) is 9.53 Å². The van der Waals surface area contributed by atoms with E-state index >= 15 is 0 Å². The Bertz CT molecular complexity index is 830. The average molecular weight is 433 g/mol. The number of imidazole rings is 1. The van der Waals surface area contributed by atoms with Crippen LogP contribution in [0, 0.1) is 5.82 Å². The Balaban J connectivity index is 1.29. The van der Waals surface area contributed by atoms with E-state index in [1.54, 1.807) is 18.3 Å².